The number of halogens is 2. The molecule has 0 aliphatic heterocycles. The molecule has 21 heavy (non-hydrogen) atoms. The van der Waals surface area contributed by atoms with Crippen LogP contribution in [0.15, 0.2) is 24.4 Å². The van der Waals surface area contributed by atoms with E-state index in [1.54, 1.807) is 18.2 Å². The maximum Gasteiger partial charge on any atom is 0.246 e. The number of benzene rings is 1. The van der Waals surface area contributed by atoms with Crippen LogP contribution < -0.4 is 9.47 Å². The number of ketones is 1. The second-order valence-electron chi connectivity index (χ2n) is 4.12. The van der Waals surface area contributed by atoms with E-state index < -0.39 is 0 Å². The van der Waals surface area contributed by atoms with Crippen LogP contribution in [0.3, 0.4) is 0 Å². The first-order chi connectivity index (χ1) is 10.0. The van der Waals surface area contributed by atoms with Gasteiger partial charge in [-0.25, -0.2) is 4.98 Å². The molecule has 7 heteroatoms. The van der Waals surface area contributed by atoms with Crippen molar-refractivity contribution >= 4 is 29.0 Å². The Morgan fingerprint density at radius 2 is 1.95 bits per heavy atom. The quantitative estimate of drug-likeness (QED) is 0.789. The first-order valence-corrected chi connectivity index (χ1v) is 6.73. The second kappa shape index (κ2) is 6.74. The maximum absolute atomic E-state index is 12.3. The highest BCUT2D eigenvalue weighted by molar-refractivity contribution is 6.42. The SMILES string of the molecule is COc1cnc(C(=O)Cc2ccc(Cl)c(Cl)c2)c(OC)n1. The van der Waals surface area contributed by atoms with E-state index in [0.29, 0.717) is 10.0 Å². The summed E-state index contributed by atoms with van der Waals surface area (Å²) in [5.41, 5.74) is 0.874. The molecule has 1 heterocycles. The zero-order chi connectivity index (χ0) is 15.4. The van der Waals surface area contributed by atoms with E-state index in [4.69, 9.17) is 32.7 Å². The molecule has 0 bridgehead atoms. The highest BCUT2D eigenvalue weighted by Gasteiger charge is 2.17. The molecular formula is C14H12Cl2N2O3. The van der Waals surface area contributed by atoms with Crippen molar-refractivity contribution in [2.75, 3.05) is 14.2 Å². The molecule has 0 N–H and O–H groups in total. The van der Waals surface area contributed by atoms with Crippen molar-refractivity contribution in [1.29, 1.82) is 0 Å². The van der Waals surface area contributed by atoms with Crippen molar-refractivity contribution in [3.63, 3.8) is 0 Å². The number of Topliss-reactive ketones (excluding diaryl/α,β-unsaturated/α-hetero) is 1. The molecule has 0 fully saturated rings. The van der Waals surface area contributed by atoms with E-state index in [1.807, 2.05) is 0 Å². The summed E-state index contributed by atoms with van der Waals surface area (Å²) < 4.78 is 10.0. The monoisotopic (exact) mass is 326 g/mol. The standard InChI is InChI=1S/C14H12Cl2N2O3/c1-20-12-7-17-13(14(18-12)21-2)11(19)6-8-3-4-9(15)10(16)5-8/h3-5,7H,6H2,1-2H3. The van der Waals surface area contributed by atoms with Crippen LogP contribution in [0, 0.1) is 0 Å². The summed E-state index contributed by atoms with van der Waals surface area (Å²) in [5, 5.41) is 0.837. The zero-order valence-corrected chi connectivity index (χ0v) is 12.9. The molecule has 0 spiro atoms. The van der Waals surface area contributed by atoms with Gasteiger partial charge in [0.1, 0.15) is 0 Å². The zero-order valence-electron chi connectivity index (χ0n) is 11.4. The van der Waals surface area contributed by atoms with Gasteiger partial charge >= 0.3 is 0 Å². The summed E-state index contributed by atoms with van der Waals surface area (Å²) in [6.07, 6.45) is 1.48. The van der Waals surface area contributed by atoms with Crippen LogP contribution in [0.2, 0.25) is 10.0 Å². The third-order valence-corrected chi connectivity index (χ3v) is 3.47. The summed E-state index contributed by atoms with van der Waals surface area (Å²) in [6.45, 7) is 0. The number of nitrogens with zero attached hydrogens (tertiary/aromatic N) is 2. The molecule has 2 rings (SSSR count). The minimum Gasteiger partial charge on any atom is -0.480 e. The first-order valence-electron chi connectivity index (χ1n) is 5.97. The lowest BCUT2D eigenvalue weighted by molar-refractivity contribution is 0.0984. The Labute approximate surface area is 131 Å². The molecule has 0 saturated heterocycles. The van der Waals surface area contributed by atoms with Crippen LogP contribution in [0.4, 0.5) is 0 Å². The molecule has 0 aliphatic carbocycles. The summed E-state index contributed by atoms with van der Waals surface area (Å²) in [6, 6.07) is 5.02. The lowest BCUT2D eigenvalue weighted by Crippen LogP contribution is -2.10. The van der Waals surface area contributed by atoms with Gasteiger partial charge in [0, 0.05) is 6.42 Å². The van der Waals surface area contributed by atoms with Crippen LogP contribution >= 0.6 is 23.2 Å². The minimum atomic E-state index is -0.236. The summed E-state index contributed by atoms with van der Waals surface area (Å²) in [5.74, 6) is 0.165. The Balaban J connectivity index is 2.25. The van der Waals surface area contributed by atoms with E-state index in [0.717, 1.165) is 5.56 Å². The number of rotatable bonds is 5. The van der Waals surface area contributed by atoms with E-state index in [1.165, 1.54) is 20.4 Å². The van der Waals surface area contributed by atoms with Crippen LogP contribution in [-0.4, -0.2) is 30.0 Å². The predicted octanol–water partition coefficient (Wildman–Crippen LogP) is 3.23. The van der Waals surface area contributed by atoms with E-state index in [-0.39, 0.29) is 29.7 Å². The molecule has 0 atom stereocenters. The molecule has 0 saturated carbocycles. The van der Waals surface area contributed by atoms with Crippen molar-refractivity contribution in [2.24, 2.45) is 0 Å². The molecule has 2 aromatic rings. The Hall–Kier alpha value is -1.85. The smallest absolute Gasteiger partial charge is 0.246 e. The lowest BCUT2D eigenvalue weighted by Gasteiger charge is -2.07. The number of hydrogen-bond donors (Lipinski definition) is 0. The van der Waals surface area contributed by atoms with Gasteiger partial charge in [0.25, 0.3) is 0 Å². The number of aromatic nitrogens is 2. The Morgan fingerprint density at radius 3 is 2.57 bits per heavy atom. The van der Waals surface area contributed by atoms with Gasteiger partial charge in [-0.2, -0.15) is 4.98 Å². The van der Waals surface area contributed by atoms with E-state index in [2.05, 4.69) is 9.97 Å². The third kappa shape index (κ3) is 3.62. The Kier molecular flexibility index (Phi) is 4.98. The summed E-state index contributed by atoms with van der Waals surface area (Å²) in [7, 11) is 2.88. The van der Waals surface area contributed by atoms with Gasteiger partial charge in [0.2, 0.25) is 11.8 Å². The fourth-order valence-corrected chi connectivity index (χ4v) is 2.03. The molecule has 0 amide bonds. The molecule has 0 radical (unpaired) electrons. The van der Waals surface area contributed by atoms with Gasteiger partial charge in [-0.3, -0.25) is 4.79 Å². The van der Waals surface area contributed by atoms with Crippen LogP contribution in [0.5, 0.6) is 11.8 Å². The number of carbonyl (C=O) groups excluding carboxylic acids is 1. The lowest BCUT2D eigenvalue weighted by atomic mass is 10.1. The van der Waals surface area contributed by atoms with Crippen LogP contribution in [0.25, 0.3) is 0 Å². The molecular weight excluding hydrogens is 315 g/mol. The number of ether oxygens (including phenoxy) is 2. The molecule has 110 valence electrons. The Morgan fingerprint density at radius 1 is 1.19 bits per heavy atom. The maximum atomic E-state index is 12.3. The van der Waals surface area contributed by atoms with Crippen molar-refractivity contribution in [3.05, 3.63) is 45.7 Å². The average Bonchev–Trinajstić information content (AvgIpc) is 2.50. The first kappa shape index (κ1) is 15.5. The molecule has 1 aromatic heterocycles. The van der Waals surface area contributed by atoms with Gasteiger partial charge in [-0.05, 0) is 17.7 Å². The minimum absolute atomic E-state index is 0.119. The topological polar surface area (TPSA) is 61.3 Å². The highest BCUT2D eigenvalue weighted by atomic mass is 35.5. The molecule has 0 unspecified atom stereocenters. The number of hydrogen-bond acceptors (Lipinski definition) is 5. The second-order valence-corrected chi connectivity index (χ2v) is 4.93. The molecule has 5 nitrogen and oxygen atoms in total. The van der Waals surface area contributed by atoms with Gasteiger partial charge in [0.05, 0.1) is 30.5 Å². The van der Waals surface area contributed by atoms with Crippen molar-refractivity contribution in [3.8, 4) is 11.8 Å². The van der Waals surface area contributed by atoms with E-state index >= 15 is 0 Å². The average molecular weight is 327 g/mol. The third-order valence-electron chi connectivity index (χ3n) is 2.73. The largest absolute Gasteiger partial charge is 0.480 e. The van der Waals surface area contributed by atoms with Crippen LogP contribution in [-0.2, 0) is 6.42 Å². The highest BCUT2D eigenvalue weighted by Crippen LogP contribution is 2.24. The van der Waals surface area contributed by atoms with E-state index in [9.17, 15) is 4.79 Å². The van der Waals surface area contributed by atoms with Crippen molar-refractivity contribution in [2.45, 2.75) is 6.42 Å². The summed E-state index contributed by atoms with van der Waals surface area (Å²) >= 11 is 11.8. The number of methoxy groups -OCH3 is 2. The summed E-state index contributed by atoms with van der Waals surface area (Å²) in [4.78, 5) is 20.4. The fraction of sp³-hybridized carbons (Fsp3) is 0.214. The van der Waals surface area contributed by atoms with Gasteiger partial charge in [0.15, 0.2) is 11.5 Å². The van der Waals surface area contributed by atoms with Crippen LogP contribution in [0.1, 0.15) is 16.1 Å². The van der Waals surface area contributed by atoms with Crippen molar-refractivity contribution < 1.29 is 14.3 Å². The van der Waals surface area contributed by atoms with Gasteiger partial charge in [-0.1, -0.05) is 29.3 Å². The number of carbonyl (C=O) groups is 1. The predicted molar refractivity (Wildman–Crippen MR) is 79.6 cm³/mol. The molecule has 0 aliphatic rings. The molecule has 1 aromatic carbocycles. The fourth-order valence-electron chi connectivity index (χ4n) is 1.71. The van der Waals surface area contributed by atoms with Gasteiger partial charge < -0.3 is 9.47 Å². The van der Waals surface area contributed by atoms with Crippen molar-refractivity contribution in [1.82, 2.24) is 9.97 Å². The van der Waals surface area contributed by atoms with Gasteiger partial charge in [-0.15, -0.1) is 0 Å². The Bertz CT molecular complexity index is 677. The normalized spacial score (nSPS) is 10.3.